The average molecular weight is 361 g/mol. The summed E-state index contributed by atoms with van der Waals surface area (Å²) in [6.45, 7) is 13.8. The molecule has 6 nitrogen and oxygen atoms in total. The summed E-state index contributed by atoms with van der Waals surface area (Å²) in [6, 6.07) is 3.97. The second-order valence-electron chi connectivity index (χ2n) is 7.04. The molecule has 25 heavy (non-hydrogen) atoms. The van der Waals surface area contributed by atoms with Gasteiger partial charge in [-0.05, 0) is 37.2 Å². The lowest BCUT2D eigenvalue weighted by atomic mass is 10.2. The molecule has 1 aliphatic heterocycles. The third kappa shape index (κ3) is 4.34. The third-order valence-corrected chi connectivity index (χ3v) is 5.03. The third-order valence-electron chi connectivity index (χ3n) is 4.60. The second-order valence-corrected chi connectivity index (χ2v) is 7.40. The van der Waals surface area contributed by atoms with E-state index in [1.165, 1.54) is 6.54 Å². The molecule has 3 rings (SSSR count). The normalized spacial score (nSPS) is 16.6. The molecule has 7 heteroatoms. The molecule has 0 bridgehead atoms. The number of pyridine rings is 1. The second kappa shape index (κ2) is 8.21. The number of nitrogens with zero attached hydrogens (tertiary/aromatic N) is 6. The van der Waals surface area contributed by atoms with Gasteiger partial charge >= 0.3 is 0 Å². The van der Waals surface area contributed by atoms with Crippen molar-refractivity contribution in [3.63, 3.8) is 0 Å². The Bertz CT molecular complexity index is 728. The van der Waals surface area contributed by atoms with Gasteiger partial charge in [0, 0.05) is 57.2 Å². The van der Waals surface area contributed by atoms with E-state index < -0.39 is 0 Å². The van der Waals surface area contributed by atoms with Gasteiger partial charge in [-0.1, -0.05) is 13.8 Å². The van der Waals surface area contributed by atoms with Crippen LogP contribution in [0.4, 0.5) is 0 Å². The smallest absolute Gasteiger partial charge is 0.199 e. The number of hydrogen-bond donors (Lipinski definition) is 0. The van der Waals surface area contributed by atoms with Gasteiger partial charge in [-0.2, -0.15) is 5.10 Å². The molecule has 0 spiro atoms. The minimum absolute atomic E-state index is 0.725. The number of rotatable bonds is 6. The topological polar surface area (TPSA) is 42.1 Å². The molecule has 0 unspecified atom stereocenters. The Hall–Kier alpha value is -1.57. The Labute approximate surface area is 155 Å². The van der Waals surface area contributed by atoms with Crippen molar-refractivity contribution in [3.8, 4) is 11.4 Å². The van der Waals surface area contributed by atoms with Crippen molar-refractivity contribution in [1.82, 2.24) is 29.1 Å². The Morgan fingerprint density at radius 3 is 2.32 bits per heavy atom. The molecule has 3 heterocycles. The van der Waals surface area contributed by atoms with E-state index in [-0.39, 0.29) is 0 Å². The van der Waals surface area contributed by atoms with E-state index >= 15 is 0 Å². The summed E-state index contributed by atoms with van der Waals surface area (Å²) in [4.78, 5) is 9.08. The molecule has 136 valence electrons. The maximum atomic E-state index is 5.67. The van der Waals surface area contributed by atoms with Crippen LogP contribution in [0.5, 0.6) is 0 Å². The van der Waals surface area contributed by atoms with Crippen molar-refractivity contribution in [1.29, 1.82) is 0 Å². The lowest BCUT2D eigenvalue weighted by Gasteiger charge is -2.35. The Balaban J connectivity index is 1.72. The maximum Gasteiger partial charge on any atom is 0.199 e. The summed E-state index contributed by atoms with van der Waals surface area (Å²) in [7, 11) is 0. The molecule has 0 amide bonds. The van der Waals surface area contributed by atoms with Gasteiger partial charge < -0.3 is 9.47 Å². The molecule has 0 atom stereocenters. The highest BCUT2D eigenvalue weighted by atomic mass is 32.1. The number of hydrogen-bond acceptors (Lipinski definition) is 5. The van der Waals surface area contributed by atoms with Gasteiger partial charge in [0.2, 0.25) is 0 Å². The zero-order chi connectivity index (χ0) is 17.8. The highest BCUT2D eigenvalue weighted by Gasteiger charge is 2.19. The SMILES string of the molecule is CCn1c(-c2ccncc2)nn(CN2CCN(CC(C)C)CC2)c1=S. The Kier molecular flexibility index (Phi) is 5.98. The molecule has 2 aromatic rings. The minimum atomic E-state index is 0.725. The van der Waals surface area contributed by atoms with Crippen molar-refractivity contribution in [3.05, 3.63) is 29.3 Å². The monoisotopic (exact) mass is 360 g/mol. The summed E-state index contributed by atoms with van der Waals surface area (Å²) in [5, 5.41) is 4.80. The predicted octanol–water partition coefficient (Wildman–Crippen LogP) is 2.73. The molecule has 0 saturated carbocycles. The highest BCUT2D eigenvalue weighted by Crippen LogP contribution is 2.18. The van der Waals surface area contributed by atoms with E-state index in [0.29, 0.717) is 0 Å². The minimum Gasteiger partial charge on any atom is -0.301 e. The molecule has 0 radical (unpaired) electrons. The van der Waals surface area contributed by atoms with E-state index in [4.69, 9.17) is 17.3 Å². The van der Waals surface area contributed by atoms with Crippen molar-refractivity contribution < 1.29 is 0 Å². The Morgan fingerprint density at radius 1 is 1.08 bits per heavy atom. The van der Waals surface area contributed by atoms with E-state index in [2.05, 4.69) is 40.1 Å². The van der Waals surface area contributed by atoms with Crippen molar-refractivity contribution in [2.24, 2.45) is 5.92 Å². The van der Waals surface area contributed by atoms with Crippen molar-refractivity contribution in [2.45, 2.75) is 34.0 Å². The number of piperazine rings is 1. The maximum absolute atomic E-state index is 5.67. The van der Waals surface area contributed by atoms with E-state index in [9.17, 15) is 0 Å². The summed E-state index contributed by atoms with van der Waals surface area (Å²) in [5.74, 6) is 1.65. The van der Waals surface area contributed by atoms with Crippen LogP contribution in [0, 0.1) is 10.7 Å². The van der Waals surface area contributed by atoms with Gasteiger partial charge in [0.25, 0.3) is 0 Å². The molecule has 1 saturated heterocycles. The first-order chi connectivity index (χ1) is 12.1. The van der Waals surface area contributed by atoms with Gasteiger partial charge in [0.1, 0.15) is 0 Å². The summed E-state index contributed by atoms with van der Waals surface area (Å²) in [6.07, 6.45) is 3.59. The lowest BCUT2D eigenvalue weighted by Crippen LogP contribution is -2.47. The quantitative estimate of drug-likeness (QED) is 0.741. The van der Waals surface area contributed by atoms with Crippen molar-refractivity contribution >= 4 is 12.2 Å². The van der Waals surface area contributed by atoms with Crippen LogP contribution in [0.3, 0.4) is 0 Å². The highest BCUT2D eigenvalue weighted by molar-refractivity contribution is 7.71. The Morgan fingerprint density at radius 2 is 1.72 bits per heavy atom. The molecule has 1 fully saturated rings. The zero-order valence-electron chi connectivity index (χ0n) is 15.4. The summed E-state index contributed by atoms with van der Waals surface area (Å²) < 4.78 is 4.85. The van der Waals surface area contributed by atoms with Gasteiger partial charge in [0.05, 0.1) is 6.67 Å². The molecule has 1 aliphatic rings. The fourth-order valence-electron chi connectivity index (χ4n) is 3.35. The number of aromatic nitrogens is 4. The van der Waals surface area contributed by atoms with Crippen LogP contribution in [0.15, 0.2) is 24.5 Å². The fraction of sp³-hybridized carbons (Fsp3) is 0.611. The molecule has 0 N–H and O–H groups in total. The van der Waals surface area contributed by atoms with Gasteiger partial charge in [-0.25, -0.2) is 4.68 Å². The van der Waals surface area contributed by atoms with Crippen LogP contribution in [-0.4, -0.2) is 61.9 Å². The van der Waals surface area contributed by atoms with Crippen LogP contribution >= 0.6 is 12.2 Å². The van der Waals surface area contributed by atoms with Gasteiger partial charge in [-0.15, -0.1) is 0 Å². The molecule has 0 aromatic carbocycles. The lowest BCUT2D eigenvalue weighted by molar-refractivity contribution is 0.0950. The molecular weight excluding hydrogens is 332 g/mol. The van der Waals surface area contributed by atoms with Crippen LogP contribution in [0.1, 0.15) is 20.8 Å². The van der Waals surface area contributed by atoms with E-state index in [1.54, 1.807) is 12.4 Å². The van der Waals surface area contributed by atoms with Crippen LogP contribution in [0.25, 0.3) is 11.4 Å². The van der Waals surface area contributed by atoms with Gasteiger partial charge in [0.15, 0.2) is 10.6 Å². The first-order valence-corrected chi connectivity index (χ1v) is 9.52. The predicted molar refractivity (Wildman–Crippen MR) is 103 cm³/mol. The van der Waals surface area contributed by atoms with Crippen LogP contribution < -0.4 is 0 Å². The zero-order valence-corrected chi connectivity index (χ0v) is 16.2. The summed E-state index contributed by atoms with van der Waals surface area (Å²) in [5.41, 5.74) is 1.06. The first kappa shape index (κ1) is 18.2. The average Bonchev–Trinajstić information content (AvgIpc) is 2.93. The largest absolute Gasteiger partial charge is 0.301 e. The van der Waals surface area contributed by atoms with E-state index in [1.807, 2.05) is 16.8 Å². The molecular formula is C18H28N6S. The first-order valence-electron chi connectivity index (χ1n) is 9.11. The summed E-state index contributed by atoms with van der Waals surface area (Å²) >= 11 is 5.67. The van der Waals surface area contributed by atoms with Gasteiger partial charge in [-0.3, -0.25) is 9.88 Å². The van der Waals surface area contributed by atoms with Crippen molar-refractivity contribution in [2.75, 3.05) is 32.7 Å². The fourth-order valence-corrected chi connectivity index (χ4v) is 3.67. The standard InChI is InChI=1S/C18H28N6S/c1-4-23-17(16-5-7-19-8-6-16)20-24(18(23)25)14-22-11-9-21(10-12-22)13-15(2)3/h5-8,15H,4,9-14H2,1-3H3. The van der Waals surface area contributed by atoms with Crippen LogP contribution in [-0.2, 0) is 13.2 Å². The van der Waals surface area contributed by atoms with E-state index in [0.717, 1.165) is 61.5 Å². The molecule has 0 aliphatic carbocycles. The van der Waals surface area contributed by atoms with Crippen LogP contribution in [0.2, 0.25) is 0 Å². The molecule has 2 aromatic heterocycles.